The summed E-state index contributed by atoms with van der Waals surface area (Å²) in [7, 11) is 0. The minimum absolute atomic E-state index is 0.0600. The maximum atomic E-state index is 12.0. The van der Waals surface area contributed by atoms with Gasteiger partial charge >= 0.3 is 5.69 Å². The molecule has 0 radical (unpaired) electrons. The molecule has 0 aliphatic carbocycles. The third-order valence-electron chi connectivity index (χ3n) is 5.02. The van der Waals surface area contributed by atoms with Gasteiger partial charge in [-0.05, 0) is 51.0 Å². The lowest BCUT2D eigenvalue weighted by Gasteiger charge is -2.34. The third kappa shape index (κ3) is 6.44. The lowest BCUT2D eigenvalue weighted by atomic mass is 9.92. The summed E-state index contributed by atoms with van der Waals surface area (Å²) in [6, 6.07) is 0. The molecule has 1 aliphatic rings. The normalized spacial score (nSPS) is 20.9. The molecule has 0 saturated carbocycles. The van der Waals surface area contributed by atoms with Gasteiger partial charge in [0.2, 0.25) is 5.91 Å². The molecule has 1 aromatic rings. The summed E-state index contributed by atoms with van der Waals surface area (Å²) in [5.74, 6) is 1.49. The highest BCUT2D eigenvalue weighted by Crippen LogP contribution is 2.20. The Balaban J connectivity index is 1.62. The number of likely N-dealkylation sites (tertiary alicyclic amines) is 1. The number of nitrogens with zero attached hydrogens (tertiary/aromatic N) is 1. The van der Waals surface area contributed by atoms with Crippen molar-refractivity contribution in [2.45, 2.75) is 52.9 Å². The van der Waals surface area contributed by atoms with Gasteiger partial charge in [-0.2, -0.15) is 0 Å². The highest BCUT2D eigenvalue weighted by atomic mass is 16.2. The first-order valence-electron chi connectivity index (χ1n) is 9.66. The van der Waals surface area contributed by atoms with Crippen molar-refractivity contribution in [2.24, 2.45) is 11.8 Å². The summed E-state index contributed by atoms with van der Waals surface area (Å²) in [4.78, 5) is 42.2. The third-order valence-corrected chi connectivity index (χ3v) is 5.02. The predicted molar refractivity (Wildman–Crippen MR) is 102 cm³/mol. The summed E-state index contributed by atoms with van der Waals surface area (Å²) in [6.07, 6.45) is 3.94. The molecule has 1 amide bonds. The smallest absolute Gasteiger partial charge is 0.325 e. The maximum Gasteiger partial charge on any atom is 0.325 e. The lowest BCUT2D eigenvalue weighted by molar-refractivity contribution is -0.121. The zero-order valence-electron chi connectivity index (χ0n) is 16.2. The van der Waals surface area contributed by atoms with Gasteiger partial charge in [-0.15, -0.1) is 0 Å². The van der Waals surface area contributed by atoms with Crippen LogP contribution in [-0.4, -0.2) is 47.0 Å². The van der Waals surface area contributed by atoms with E-state index in [1.807, 2.05) is 0 Å². The monoisotopic (exact) mass is 364 g/mol. The van der Waals surface area contributed by atoms with Crippen LogP contribution in [0.2, 0.25) is 0 Å². The van der Waals surface area contributed by atoms with Crippen LogP contribution in [-0.2, 0) is 11.2 Å². The molecule has 3 N–H and O–H groups in total. The van der Waals surface area contributed by atoms with Crippen molar-refractivity contribution in [1.29, 1.82) is 0 Å². The summed E-state index contributed by atoms with van der Waals surface area (Å²) >= 11 is 0. The fourth-order valence-electron chi connectivity index (χ4n) is 3.92. The van der Waals surface area contributed by atoms with Crippen LogP contribution in [0.3, 0.4) is 0 Å². The van der Waals surface area contributed by atoms with Crippen LogP contribution < -0.4 is 16.6 Å². The second kappa shape index (κ2) is 9.71. The van der Waals surface area contributed by atoms with Crippen LogP contribution in [0.15, 0.2) is 9.59 Å². The van der Waals surface area contributed by atoms with Crippen LogP contribution in [0.4, 0.5) is 0 Å². The van der Waals surface area contributed by atoms with Gasteiger partial charge in [0.1, 0.15) is 0 Å². The molecular formula is C19H32N4O3. The number of hydrogen-bond donors (Lipinski definition) is 3. The molecule has 0 bridgehead atoms. The van der Waals surface area contributed by atoms with Crippen LogP contribution >= 0.6 is 0 Å². The zero-order chi connectivity index (χ0) is 19.1. The van der Waals surface area contributed by atoms with Crippen molar-refractivity contribution in [3.05, 3.63) is 32.1 Å². The topological polar surface area (TPSA) is 98.1 Å². The quantitative estimate of drug-likeness (QED) is 0.603. The van der Waals surface area contributed by atoms with Crippen LogP contribution in [0.5, 0.6) is 0 Å². The van der Waals surface area contributed by atoms with E-state index in [1.165, 1.54) is 19.5 Å². The summed E-state index contributed by atoms with van der Waals surface area (Å²) in [6.45, 7) is 10.4. The number of unbranched alkanes of at least 4 members (excludes halogenated alkanes) is 1. The number of hydrogen-bond acceptors (Lipinski definition) is 4. The van der Waals surface area contributed by atoms with Gasteiger partial charge < -0.3 is 15.2 Å². The molecule has 7 nitrogen and oxygen atoms in total. The summed E-state index contributed by atoms with van der Waals surface area (Å²) in [5, 5.41) is 2.92. The fraction of sp³-hybridized carbons (Fsp3) is 0.737. The molecule has 0 aromatic carbocycles. The standard InChI is InChI=1S/C19H32N4O3/c1-13-10-14(2)12-23(11-13)9-5-4-8-20-17(24)7-6-16-15(3)21-19(26)22-18(16)25/h13-14H,4-12H2,1-3H3,(H,20,24)(H2,21,22,25,26). The number of H-pyrrole nitrogens is 2. The molecular weight excluding hydrogens is 332 g/mol. The zero-order valence-corrected chi connectivity index (χ0v) is 16.2. The Morgan fingerprint density at radius 3 is 2.50 bits per heavy atom. The average Bonchev–Trinajstić information content (AvgIpc) is 2.52. The molecule has 26 heavy (non-hydrogen) atoms. The maximum absolute atomic E-state index is 12.0. The lowest BCUT2D eigenvalue weighted by Crippen LogP contribution is -2.39. The molecule has 1 aliphatic heterocycles. The summed E-state index contributed by atoms with van der Waals surface area (Å²) < 4.78 is 0. The van der Waals surface area contributed by atoms with Crippen LogP contribution in [0, 0.1) is 18.8 Å². The predicted octanol–water partition coefficient (Wildman–Crippen LogP) is 1.18. The Morgan fingerprint density at radius 1 is 1.15 bits per heavy atom. The molecule has 7 heteroatoms. The van der Waals surface area contributed by atoms with Crippen molar-refractivity contribution in [1.82, 2.24) is 20.2 Å². The highest BCUT2D eigenvalue weighted by Gasteiger charge is 2.20. The van der Waals surface area contributed by atoms with Crippen LogP contribution in [0.1, 0.15) is 50.8 Å². The van der Waals surface area contributed by atoms with E-state index >= 15 is 0 Å². The van der Waals surface area contributed by atoms with E-state index in [1.54, 1.807) is 6.92 Å². The SMILES string of the molecule is Cc1[nH]c(=O)[nH]c(=O)c1CCC(=O)NCCCCN1CC(C)CC(C)C1. The number of piperidine rings is 1. The summed E-state index contributed by atoms with van der Waals surface area (Å²) in [5.41, 5.74) is 0.0619. The van der Waals surface area contributed by atoms with E-state index in [4.69, 9.17) is 0 Å². The molecule has 1 aromatic heterocycles. The molecule has 2 atom stereocenters. The van der Waals surface area contributed by atoms with Crippen molar-refractivity contribution in [2.75, 3.05) is 26.2 Å². The van der Waals surface area contributed by atoms with Crippen LogP contribution in [0.25, 0.3) is 0 Å². The molecule has 1 fully saturated rings. The van der Waals surface area contributed by atoms with E-state index in [0.717, 1.165) is 31.2 Å². The van der Waals surface area contributed by atoms with E-state index < -0.39 is 11.2 Å². The second-order valence-corrected chi connectivity index (χ2v) is 7.77. The Hall–Kier alpha value is -1.89. The number of aromatic amines is 2. The van der Waals surface area contributed by atoms with Crippen molar-refractivity contribution < 1.29 is 4.79 Å². The number of carbonyl (C=O) groups is 1. The van der Waals surface area contributed by atoms with Gasteiger partial charge in [0.15, 0.2) is 0 Å². The van der Waals surface area contributed by atoms with Gasteiger partial charge in [-0.3, -0.25) is 14.6 Å². The van der Waals surface area contributed by atoms with E-state index in [9.17, 15) is 14.4 Å². The second-order valence-electron chi connectivity index (χ2n) is 7.77. The Morgan fingerprint density at radius 2 is 1.85 bits per heavy atom. The largest absolute Gasteiger partial charge is 0.356 e. The number of rotatable bonds is 8. The molecule has 2 rings (SSSR count). The first-order chi connectivity index (χ1) is 12.3. The fourth-order valence-corrected chi connectivity index (χ4v) is 3.92. The molecule has 1 saturated heterocycles. The number of aromatic nitrogens is 2. The molecule has 0 spiro atoms. The Labute approximate surface area is 154 Å². The first kappa shape index (κ1) is 20.4. The van der Waals surface area contributed by atoms with Crippen molar-refractivity contribution in [3.8, 4) is 0 Å². The van der Waals surface area contributed by atoms with E-state index in [-0.39, 0.29) is 12.3 Å². The van der Waals surface area contributed by atoms with Gasteiger partial charge in [-0.25, -0.2) is 4.79 Å². The number of aryl methyl sites for hydroxylation is 1. The molecule has 146 valence electrons. The Kier molecular flexibility index (Phi) is 7.63. The van der Waals surface area contributed by atoms with E-state index in [2.05, 4.69) is 34.0 Å². The van der Waals surface area contributed by atoms with Gasteiger partial charge in [0.05, 0.1) is 0 Å². The number of carbonyl (C=O) groups excluding carboxylic acids is 1. The Bertz CT molecular complexity index is 699. The average molecular weight is 364 g/mol. The van der Waals surface area contributed by atoms with Crippen molar-refractivity contribution >= 4 is 5.91 Å². The minimum atomic E-state index is -0.516. The first-order valence-corrected chi connectivity index (χ1v) is 9.66. The number of nitrogens with one attached hydrogen (secondary N) is 3. The van der Waals surface area contributed by atoms with E-state index in [0.29, 0.717) is 24.2 Å². The minimum Gasteiger partial charge on any atom is -0.356 e. The van der Waals surface area contributed by atoms with Gasteiger partial charge in [-0.1, -0.05) is 13.8 Å². The molecule has 2 heterocycles. The highest BCUT2D eigenvalue weighted by molar-refractivity contribution is 5.76. The number of amides is 1. The van der Waals surface area contributed by atoms with Crippen molar-refractivity contribution in [3.63, 3.8) is 0 Å². The van der Waals surface area contributed by atoms with Gasteiger partial charge in [0.25, 0.3) is 5.56 Å². The molecule has 2 unspecified atom stereocenters. The van der Waals surface area contributed by atoms with Gasteiger partial charge in [0, 0.05) is 37.3 Å².